The minimum absolute atomic E-state index is 1.24. The van der Waals surface area contributed by atoms with Crippen LogP contribution in [0.25, 0.3) is 6.08 Å². The second-order valence-electron chi connectivity index (χ2n) is 3.28. The average molecular weight is 174 g/mol. The highest BCUT2D eigenvalue weighted by atomic mass is 14.9. The van der Waals surface area contributed by atoms with E-state index < -0.39 is 0 Å². The maximum absolute atomic E-state index is 2.12. The molecule has 0 atom stereocenters. The van der Waals surface area contributed by atoms with Crippen molar-refractivity contribution in [1.82, 2.24) is 0 Å². The Morgan fingerprint density at radius 3 is 2.31 bits per heavy atom. The molecule has 0 unspecified atom stereocenters. The van der Waals surface area contributed by atoms with Gasteiger partial charge in [-0.1, -0.05) is 30.3 Å². The van der Waals surface area contributed by atoms with Crippen molar-refractivity contribution in [2.75, 3.05) is 14.1 Å². The third-order valence-electron chi connectivity index (χ3n) is 2.02. The fourth-order valence-corrected chi connectivity index (χ4v) is 0.930. The molecule has 0 amide bonds. The zero-order valence-electron chi connectivity index (χ0n) is 8.49. The summed E-state index contributed by atoms with van der Waals surface area (Å²) >= 11 is 0. The molecule has 0 fully saturated rings. The number of hydrogen-bond donors (Lipinski definition) is 0. The number of rotatable bonds is 2. The van der Waals surface area contributed by atoms with Gasteiger partial charge in [-0.3, -0.25) is 0 Å². The first kappa shape index (κ1) is 9.72. The smallest absolute Gasteiger partial charge is 0.172 e. The maximum Gasteiger partial charge on any atom is 0.172 e. The van der Waals surface area contributed by atoms with Crippen LogP contribution in [-0.4, -0.2) is 24.4 Å². The predicted molar refractivity (Wildman–Crippen MR) is 58.3 cm³/mol. The Morgan fingerprint density at radius 1 is 1.15 bits per heavy atom. The molecule has 0 aliphatic rings. The first-order valence-electron chi connectivity index (χ1n) is 4.44. The summed E-state index contributed by atoms with van der Waals surface area (Å²) in [7, 11) is 4.09. The second-order valence-corrected chi connectivity index (χ2v) is 3.28. The van der Waals surface area contributed by atoms with Crippen LogP contribution < -0.4 is 0 Å². The van der Waals surface area contributed by atoms with Gasteiger partial charge < -0.3 is 0 Å². The van der Waals surface area contributed by atoms with Crippen LogP contribution in [0, 0.1) is 0 Å². The molecule has 0 radical (unpaired) electrons. The second kappa shape index (κ2) is 4.61. The van der Waals surface area contributed by atoms with E-state index in [1.54, 1.807) is 0 Å². The largest absolute Gasteiger partial charge is 0.239 e. The first-order valence-corrected chi connectivity index (χ1v) is 4.44. The van der Waals surface area contributed by atoms with Crippen LogP contribution in [0.15, 0.2) is 36.4 Å². The third-order valence-corrected chi connectivity index (χ3v) is 2.02. The zero-order chi connectivity index (χ0) is 9.68. The van der Waals surface area contributed by atoms with Crippen molar-refractivity contribution in [1.29, 1.82) is 0 Å². The van der Waals surface area contributed by atoms with E-state index in [1.807, 2.05) is 32.3 Å². The first-order chi connectivity index (χ1) is 6.20. The van der Waals surface area contributed by atoms with Crippen LogP contribution in [0.1, 0.15) is 12.5 Å². The van der Waals surface area contributed by atoms with Gasteiger partial charge in [0.25, 0.3) is 0 Å². The molecule has 1 nitrogen and oxygen atoms in total. The van der Waals surface area contributed by atoms with Crippen LogP contribution in [0.3, 0.4) is 0 Å². The van der Waals surface area contributed by atoms with Gasteiger partial charge in [0.2, 0.25) is 0 Å². The Morgan fingerprint density at radius 2 is 1.77 bits per heavy atom. The molecule has 1 aromatic rings. The quantitative estimate of drug-likeness (QED) is 0.478. The van der Waals surface area contributed by atoms with Crippen LogP contribution >= 0.6 is 0 Å². The van der Waals surface area contributed by atoms with E-state index >= 15 is 0 Å². The minimum Gasteiger partial charge on any atom is -0.239 e. The van der Waals surface area contributed by atoms with Gasteiger partial charge in [0.1, 0.15) is 14.1 Å². The fraction of sp³-hybridized carbons (Fsp3) is 0.250. The van der Waals surface area contributed by atoms with Gasteiger partial charge in [-0.15, -0.1) is 0 Å². The van der Waals surface area contributed by atoms with Crippen molar-refractivity contribution in [2.24, 2.45) is 0 Å². The Bertz CT molecular complexity index is 316. The normalized spacial score (nSPS) is 10.4. The van der Waals surface area contributed by atoms with Crippen molar-refractivity contribution >= 4 is 11.8 Å². The summed E-state index contributed by atoms with van der Waals surface area (Å²) in [6.45, 7) is 2.10. The lowest BCUT2D eigenvalue weighted by atomic mass is 10.2. The monoisotopic (exact) mass is 174 g/mol. The van der Waals surface area contributed by atoms with E-state index in [2.05, 4.69) is 35.8 Å². The summed E-state index contributed by atoms with van der Waals surface area (Å²) in [5.41, 5.74) is 2.49. The predicted octanol–water partition coefficient (Wildman–Crippen LogP) is 2.43. The molecule has 1 rings (SSSR count). The molecular weight excluding hydrogens is 158 g/mol. The van der Waals surface area contributed by atoms with E-state index in [-0.39, 0.29) is 0 Å². The van der Waals surface area contributed by atoms with Gasteiger partial charge in [0.15, 0.2) is 5.71 Å². The molecule has 0 aliphatic carbocycles. The highest BCUT2D eigenvalue weighted by Gasteiger charge is 1.92. The lowest BCUT2D eigenvalue weighted by Gasteiger charge is -1.91. The molecule has 0 bridgehead atoms. The summed E-state index contributed by atoms with van der Waals surface area (Å²) < 4.78 is 2.10. The molecule has 0 saturated carbocycles. The molecule has 0 heterocycles. The number of allylic oxidation sites excluding steroid dienone is 1. The number of hydrogen-bond acceptors (Lipinski definition) is 0. The molecule has 68 valence electrons. The van der Waals surface area contributed by atoms with Gasteiger partial charge in [-0.05, 0) is 11.6 Å². The van der Waals surface area contributed by atoms with Crippen LogP contribution in [0.4, 0.5) is 0 Å². The molecule has 13 heavy (non-hydrogen) atoms. The standard InChI is InChI=1S/C12H16N/c1-11(13(2)3)9-10-12-7-5-4-6-8-12/h4-10H,1-3H3/q+1/b10-9+. The van der Waals surface area contributed by atoms with Crippen LogP contribution in [0.2, 0.25) is 0 Å². The van der Waals surface area contributed by atoms with E-state index in [9.17, 15) is 0 Å². The zero-order valence-corrected chi connectivity index (χ0v) is 8.49. The van der Waals surface area contributed by atoms with Gasteiger partial charge in [0.05, 0.1) is 0 Å². The number of nitrogens with zero attached hydrogens (tertiary/aromatic N) is 1. The minimum atomic E-state index is 1.24. The Balaban J connectivity index is 2.76. The van der Waals surface area contributed by atoms with Crippen LogP contribution in [0.5, 0.6) is 0 Å². The summed E-state index contributed by atoms with van der Waals surface area (Å²) in [6.07, 6.45) is 4.24. The van der Waals surface area contributed by atoms with Crippen LogP contribution in [-0.2, 0) is 0 Å². The van der Waals surface area contributed by atoms with Crippen molar-refractivity contribution in [3.8, 4) is 0 Å². The van der Waals surface area contributed by atoms with Crippen molar-refractivity contribution in [2.45, 2.75) is 6.92 Å². The Labute approximate surface area is 80.0 Å². The van der Waals surface area contributed by atoms with Gasteiger partial charge in [-0.25, -0.2) is 4.58 Å². The fourth-order valence-electron chi connectivity index (χ4n) is 0.930. The molecular formula is C12H16N+. The molecule has 0 N–H and O–H groups in total. The summed E-state index contributed by atoms with van der Waals surface area (Å²) in [6, 6.07) is 10.3. The highest BCUT2D eigenvalue weighted by molar-refractivity contribution is 5.92. The maximum atomic E-state index is 2.12. The van der Waals surface area contributed by atoms with E-state index in [0.717, 1.165) is 0 Å². The molecule has 0 spiro atoms. The van der Waals surface area contributed by atoms with E-state index in [1.165, 1.54) is 11.3 Å². The topological polar surface area (TPSA) is 3.01 Å². The van der Waals surface area contributed by atoms with Gasteiger partial charge in [-0.2, -0.15) is 0 Å². The molecule has 0 saturated heterocycles. The van der Waals surface area contributed by atoms with Gasteiger partial charge in [0, 0.05) is 13.0 Å². The molecule has 1 aromatic carbocycles. The Hall–Kier alpha value is -1.37. The molecule has 0 aliphatic heterocycles. The van der Waals surface area contributed by atoms with Crippen molar-refractivity contribution < 1.29 is 4.58 Å². The van der Waals surface area contributed by atoms with Crippen molar-refractivity contribution in [3.05, 3.63) is 42.0 Å². The average Bonchev–Trinajstić information content (AvgIpc) is 2.15. The molecule has 1 heteroatoms. The van der Waals surface area contributed by atoms with Gasteiger partial charge >= 0.3 is 0 Å². The highest BCUT2D eigenvalue weighted by Crippen LogP contribution is 2.00. The Kier molecular flexibility index (Phi) is 3.44. The third kappa shape index (κ3) is 3.24. The van der Waals surface area contributed by atoms with E-state index in [0.29, 0.717) is 0 Å². The summed E-state index contributed by atoms with van der Waals surface area (Å²) in [5, 5.41) is 0. The number of benzene rings is 1. The summed E-state index contributed by atoms with van der Waals surface area (Å²) in [4.78, 5) is 0. The lowest BCUT2D eigenvalue weighted by molar-refractivity contribution is -0.464. The molecule has 0 aromatic heterocycles. The SMILES string of the molecule is CC(/C=C/c1ccccc1)=[N+](C)C. The van der Waals surface area contributed by atoms with E-state index in [4.69, 9.17) is 0 Å². The van der Waals surface area contributed by atoms with Crippen molar-refractivity contribution in [3.63, 3.8) is 0 Å². The summed E-state index contributed by atoms with van der Waals surface area (Å²) in [5.74, 6) is 0. The lowest BCUT2D eigenvalue weighted by Crippen LogP contribution is -2.05.